The van der Waals surface area contributed by atoms with E-state index in [1.54, 1.807) is 0 Å². The molecule has 0 unspecified atom stereocenters. The van der Waals surface area contributed by atoms with Gasteiger partial charge in [0.25, 0.3) is 10.1 Å². The van der Waals surface area contributed by atoms with Crippen LogP contribution < -0.4 is 0 Å². The van der Waals surface area contributed by atoms with Crippen LogP contribution in [0.15, 0.2) is 36.4 Å². The average Bonchev–Trinajstić information content (AvgIpc) is 2.27. The minimum absolute atomic E-state index is 1.03. The first-order chi connectivity index (χ1) is 8.61. The molecular weight excluding hydrogens is 262 g/mol. The van der Waals surface area contributed by atoms with Gasteiger partial charge in [0, 0.05) is 11.1 Å². The SMILES string of the molecule is CC(C)(C)S(=O)(=O)O.Cc1ccc2ccccc2n1. The fourth-order valence-corrected chi connectivity index (χ4v) is 1.17. The molecule has 0 atom stereocenters. The van der Waals surface area contributed by atoms with Gasteiger partial charge >= 0.3 is 0 Å². The zero-order valence-corrected chi connectivity index (χ0v) is 12.4. The Morgan fingerprint density at radius 3 is 2.11 bits per heavy atom. The number of aromatic nitrogens is 1. The van der Waals surface area contributed by atoms with Gasteiger partial charge in [0.1, 0.15) is 0 Å². The molecule has 5 heteroatoms. The van der Waals surface area contributed by atoms with Crippen molar-refractivity contribution in [3.05, 3.63) is 42.1 Å². The summed E-state index contributed by atoms with van der Waals surface area (Å²) in [4.78, 5) is 4.38. The Kier molecular flexibility index (Phi) is 4.66. The zero-order valence-electron chi connectivity index (χ0n) is 11.6. The average molecular weight is 281 g/mol. The summed E-state index contributed by atoms with van der Waals surface area (Å²) < 4.78 is 27.7. The highest BCUT2D eigenvalue weighted by atomic mass is 32.2. The van der Waals surface area contributed by atoms with E-state index in [2.05, 4.69) is 17.1 Å². The van der Waals surface area contributed by atoms with Crippen molar-refractivity contribution < 1.29 is 13.0 Å². The van der Waals surface area contributed by atoms with Crippen LogP contribution in [-0.4, -0.2) is 22.7 Å². The lowest BCUT2D eigenvalue weighted by Crippen LogP contribution is -2.26. The summed E-state index contributed by atoms with van der Waals surface area (Å²) in [6.07, 6.45) is 0. The van der Waals surface area contributed by atoms with Crippen molar-refractivity contribution in [1.29, 1.82) is 0 Å². The molecule has 1 heterocycles. The summed E-state index contributed by atoms with van der Waals surface area (Å²) in [5.41, 5.74) is 2.15. The molecule has 1 N–H and O–H groups in total. The third-order valence-electron chi connectivity index (χ3n) is 2.51. The number of fused-ring (bicyclic) bond motifs is 1. The number of rotatable bonds is 0. The summed E-state index contributed by atoms with van der Waals surface area (Å²) in [6, 6.07) is 12.3. The van der Waals surface area contributed by atoms with Gasteiger partial charge < -0.3 is 0 Å². The largest absolute Gasteiger partial charge is 0.285 e. The molecule has 0 aliphatic heterocycles. The molecule has 1 aromatic carbocycles. The maximum Gasteiger partial charge on any atom is 0.269 e. The fourth-order valence-electron chi connectivity index (χ4n) is 1.17. The minimum Gasteiger partial charge on any atom is -0.285 e. The molecule has 1 aromatic heterocycles. The molecule has 0 amide bonds. The topological polar surface area (TPSA) is 67.3 Å². The summed E-state index contributed by atoms with van der Waals surface area (Å²) in [6.45, 7) is 6.31. The van der Waals surface area contributed by atoms with E-state index in [1.807, 2.05) is 31.2 Å². The van der Waals surface area contributed by atoms with E-state index in [-0.39, 0.29) is 0 Å². The molecule has 0 saturated carbocycles. The van der Waals surface area contributed by atoms with Crippen molar-refractivity contribution in [2.45, 2.75) is 32.4 Å². The van der Waals surface area contributed by atoms with E-state index in [1.165, 1.54) is 26.2 Å². The number of hydrogen-bond acceptors (Lipinski definition) is 3. The predicted octanol–water partition coefficient (Wildman–Crippen LogP) is 3.22. The van der Waals surface area contributed by atoms with Crippen LogP contribution in [0.1, 0.15) is 26.5 Å². The maximum atomic E-state index is 10.2. The van der Waals surface area contributed by atoms with E-state index in [0.717, 1.165) is 11.2 Å². The standard InChI is InChI=1S/C10H9N.C4H10O3S/c1-8-6-7-9-4-2-3-5-10(9)11-8;1-4(2,3)8(5,6)7/h2-7H,1H3;1-3H3,(H,5,6,7). The van der Waals surface area contributed by atoms with Crippen LogP contribution in [0.4, 0.5) is 0 Å². The Morgan fingerprint density at radius 1 is 1.05 bits per heavy atom. The first-order valence-corrected chi connectivity index (χ1v) is 7.35. The summed E-state index contributed by atoms with van der Waals surface area (Å²) in [5.74, 6) is 0. The van der Waals surface area contributed by atoms with Gasteiger partial charge in [0.15, 0.2) is 0 Å². The van der Waals surface area contributed by atoms with E-state index >= 15 is 0 Å². The van der Waals surface area contributed by atoms with Gasteiger partial charge in [-0.1, -0.05) is 24.3 Å². The molecule has 2 aromatic rings. The number of aryl methyl sites for hydroxylation is 1. The molecule has 4 nitrogen and oxygen atoms in total. The zero-order chi connectivity index (χ0) is 14.7. The van der Waals surface area contributed by atoms with Crippen molar-refractivity contribution in [3.63, 3.8) is 0 Å². The Morgan fingerprint density at radius 2 is 1.58 bits per heavy atom. The highest BCUT2D eigenvalue weighted by Gasteiger charge is 2.25. The van der Waals surface area contributed by atoms with Gasteiger partial charge in [-0.05, 0) is 39.8 Å². The normalized spacial score (nSPS) is 11.8. The second-order valence-corrected chi connectivity index (χ2v) is 7.41. The lowest BCUT2D eigenvalue weighted by atomic mass is 10.2. The van der Waals surface area contributed by atoms with E-state index < -0.39 is 14.9 Å². The third-order valence-corrected chi connectivity index (χ3v) is 4.06. The van der Waals surface area contributed by atoms with E-state index in [4.69, 9.17) is 4.55 Å². The predicted molar refractivity (Wildman–Crippen MR) is 77.8 cm³/mol. The van der Waals surface area contributed by atoms with Crippen molar-refractivity contribution in [2.75, 3.05) is 0 Å². The highest BCUT2D eigenvalue weighted by Crippen LogP contribution is 2.11. The van der Waals surface area contributed by atoms with Crippen LogP contribution in [0.5, 0.6) is 0 Å². The van der Waals surface area contributed by atoms with Crippen LogP contribution in [0, 0.1) is 6.92 Å². The van der Waals surface area contributed by atoms with Gasteiger partial charge in [0.2, 0.25) is 0 Å². The van der Waals surface area contributed by atoms with Gasteiger partial charge in [-0.15, -0.1) is 0 Å². The quantitative estimate of drug-likeness (QED) is 0.753. The van der Waals surface area contributed by atoms with Gasteiger partial charge in [-0.25, -0.2) is 0 Å². The molecule has 0 spiro atoms. The lowest BCUT2D eigenvalue weighted by Gasteiger charge is -2.12. The number of para-hydroxylation sites is 1. The van der Waals surface area contributed by atoms with Crippen LogP contribution in [-0.2, 0) is 10.1 Å². The first-order valence-electron chi connectivity index (χ1n) is 5.91. The van der Waals surface area contributed by atoms with Crippen LogP contribution in [0.3, 0.4) is 0 Å². The first kappa shape index (κ1) is 15.6. The van der Waals surface area contributed by atoms with Gasteiger partial charge in [-0.3, -0.25) is 9.54 Å². The Labute approximate surface area is 114 Å². The molecule has 104 valence electrons. The minimum atomic E-state index is -3.84. The number of hydrogen-bond donors (Lipinski definition) is 1. The van der Waals surface area contributed by atoms with Crippen LogP contribution in [0.2, 0.25) is 0 Å². The smallest absolute Gasteiger partial charge is 0.269 e. The summed E-state index contributed by atoms with van der Waals surface area (Å²) >= 11 is 0. The Balaban J connectivity index is 0.000000203. The van der Waals surface area contributed by atoms with Crippen molar-refractivity contribution >= 4 is 21.0 Å². The second kappa shape index (κ2) is 5.67. The molecular formula is C14H19NO3S. The van der Waals surface area contributed by atoms with Crippen molar-refractivity contribution in [1.82, 2.24) is 4.98 Å². The van der Waals surface area contributed by atoms with Crippen molar-refractivity contribution in [2.24, 2.45) is 0 Å². The van der Waals surface area contributed by atoms with Crippen LogP contribution in [0.25, 0.3) is 10.9 Å². The molecule has 0 aliphatic carbocycles. The Hall–Kier alpha value is -1.46. The van der Waals surface area contributed by atoms with Gasteiger partial charge in [-0.2, -0.15) is 8.42 Å². The maximum absolute atomic E-state index is 10.2. The summed E-state index contributed by atoms with van der Waals surface area (Å²) in [7, 11) is -3.84. The summed E-state index contributed by atoms with van der Waals surface area (Å²) in [5, 5.41) is 1.21. The van der Waals surface area contributed by atoms with E-state index in [0.29, 0.717) is 0 Å². The monoisotopic (exact) mass is 281 g/mol. The third kappa shape index (κ3) is 4.61. The van der Waals surface area contributed by atoms with Crippen molar-refractivity contribution in [3.8, 4) is 0 Å². The van der Waals surface area contributed by atoms with E-state index in [9.17, 15) is 8.42 Å². The molecule has 0 aliphatic rings. The second-order valence-electron chi connectivity index (χ2n) is 5.23. The molecule has 0 radical (unpaired) electrons. The fraction of sp³-hybridized carbons (Fsp3) is 0.357. The highest BCUT2D eigenvalue weighted by molar-refractivity contribution is 7.87. The Bertz CT molecular complexity index is 658. The molecule has 0 fully saturated rings. The number of nitrogens with zero attached hydrogens (tertiary/aromatic N) is 1. The number of pyridine rings is 1. The molecule has 0 saturated heterocycles. The lowest BCUT2D eigenvalue weighted by molar-refractivity contribution is 0.450. The number of benzene rings is 1. The molecule has 2 rings (SSSR count). The molecule has 0 bridgehead atoms. The molecule has 19 heavy (non-hydrogen) atoms. The van der Waals surface area contributed by atoms with Crippen LogP contribution >= 0.6 is 0 Å². The van der Waals surface area contributed by atoms with Gasteiger partial charge in [0.05, 0.1) is 10.3 Å².